The Morgan fingerprint density at radius 3 is 2.63 bits per heavy atom. The quantitative estimate of drug-likeness (QED) is 0.832. The summed E-state index contributed by atoms with van der Waals surface area (Å²) < 4.78 is 19.6. The van der Waals surface area contributed by atoms with Crippen molar-refractivity contribution >= 4 is 11.7 Å². The Labute approximate surface area is 158 Å². The molecule has 27 heavy (non-hydrogen) atoms. The van der Waals surface area contributed by atoms with Crippen LogP contribution in [0.2, 0.25) is 0 Å². The van der Waals surface area contributed by atoms with Crippen LogP contribution in [0.25, 0.3) is 11.4 Å². The molecule has 2 aromatic rings. The Morgan fingerprint density at radius 2 is 2.00 bits per heavy atom. The van der Waals surface area contributed by atoms with Crippen molar-refractivity contribution in [1.29, 1.82) is 0 Å². The lowest BCUT2D eigenvalue weighted by Crippen LogP contribution is -2.53. The van der Waals surface area contributed by atoms with E-state index in [9.17, 15) is 9.18 Å². The first kappa shape index (κ1) is 17.9. The lowest BCUT2D eigenvalue weighted by Gasteiger charge is -2.47. The van der Waals surface area contributed by atoms with Gasteiger partial charge in [-0.2, -0.15) is 0 Å². The van der Waals surface area contributed by atoms with Gasteiger partial charge < -0.3 is 14.5 Å². The van der Waals surface area contributed by atoms with Gasteiger partial charge in [-0.05, 0) is 31.4 Å². The maximum atomic E-state index is 13.8. The third-order valence-corrected chi connectivity index (χ3v) is 5.44. The molecule has 0 unspecified atom stereocenters. The molecule has 1 spiro atoms. The van der Waals surface area contributed by atoms with Gasteiger partial charge >= 0.3 is 0 Å². The third kappa shape index (κ3) is 3.39. The molecule has 0 aliphatic carbocycles. The van der Waals surface area contributed by atoms with Crippen LogP contribution in [0.1, 0.15) is 29.6 Å². The normalized spacial score (nSPS) is 18.3. The molecule has 6 nitrogen and oxygen atoms in total. The number of carbonyl (C=O) groups is 1. The second-order valence-electron chi connectivity index (χ2n) is 7.41. The van der Waals surface area contributed by atoms with Crippen molar-refractivity contribution in [3.63, 3.8) is 0 Å². The van der Waals surface area contributed by atoms with Gasteiger partial charge in [0.2, 0.25) is 0 Å². The summed E-state index contributed by atoms with van der Waals surface area (Å²) in [5.74, 6) is 0.145. The number of benzene rings is 1. The second-order valence-corrected chi connectivity index (χ2v) is 7.41. The van der Waals surface area contributed by atoms with E-state index in [0.717, 1.165) is 32.1 Å². The summed E-state index contributed by atoms with van der Waals surface area (Å²) in [5.41, 5.74) is 1.31. The first-order valence-electron chi connectivity index (χ1n) is 9.21. The minimum absolute atomic E-state index is 0.000896. The molecule has 0 bridgehead atoms. The molecule has 0 radical (unpaired) electrons. The number of nitrogens with zero attached hydrogens (tertiary/aromatic N) is 4. The smallest absolute Gasteiger partial charge is 0.253 e. The minimum Gasteiger partial charge on any atom is -0.375 e. The molecule has 4 rings (SSSR count). The highest BCUT2D eigenvalue weighted by Gasteiger charge is 2.42. The van der Waals surface area contributed by atoms with Crippen LogP contribution in [-0.4, -0.2) is 60.2 Å². The molecule has 1 aromatic heterocycles. The zero-order chi connectivity index (χ0) is 19.0. The van der Waals surface area contributed by atoms with Crippen LogP contribution in [0.15, 0.2) is 30.5 Å². The number of rotatable bonds is 3. The summed E-state index contributed by atoms with van der Waals surface area (Å²) in [6, 6.07) is 7.22. The third-order valence-electron chi connectivity index (χ3n) is 5.44. The second kappa shape index (κ2) is 6.88. The molecule has 0 atom stereocenters. The first-order chi connectivity index (χ1) is 13.0. The fourth-order valence-corrected chi connectivity index (χ4v) is 3.69. The van der Waals surface area contributed by atoms with Crippen molar-refractivity contribution in [1.82, 2.24) is 14.9 Å². The van der Waals surface area contributed by atoms with Gasteiger partial charge in [0.15, 0.2) is 17.5 Å². The minimum atomic E-state index is -0.476. The van der Waals surface area contributed by atoms with Gasteiger partial charge in [0.05, 0.1) is 18.4 Å². The number of halogens is 1. The van der Waals surface area contributed by atoms with Crippen molar-refractivity contribution in [3.8, 4) is 11.4 Å². The highest BCUT2D eigenvalue weighted by atomic mass is 19.1. The molecule has 2 aliphatic heterocycles. The van der Waals surface area contributed by atoms with Gasteiger partial charge in [-0.25, -0.2) is 14.4 Å². The van der Waals surface area contributed by atoms with Crippen LogP contribution in [0, 0.1) is 5.82 Å². The van der Waals surface area contributed by atoms with E-state index in [4.69, 9.17) is 4.74 Å². The van der Waals surface area contributed by atoms with Crippen molar-refractivity contribution in [2.75, 3.05) is 38.7 Å². The summed E-state index contributed by atoms with van der Waals surface area (Å²) in [5, 5.41) is 0. The number of ether oxygens (including phenoxy) is 1. The first-order valence-corrected chi connectivity index (χ1v) is 9.21. The monoisotopic (exact) mass is 370 g/mol. The summed E-state index contributed by atoms with van der Waals surface area (Å²) in [7, 11) is 3.45. The van der Waals surface area contributed by atoms with Gasteiger partial charge in [-0.1, -0.05) is 12.1 Å². The molecule has 0 saturated carbocycles. The van der Waals surface area contributed by atoms with Gasteiger partial charge in [0.25, 0.3) is 5.91 Å². The largest absolute Gasteiger partial charge is 0.375 e. The number of carbonyl (C=O) groups excluding carboxylic acids is 1. The highest BCUT2D eigenvalue weighted by molar-refractivity contribution is 5.95. The van der Waals surface area contributed by atoms with Crippen molar-refractivity contribution in [3.05, 3.63) is 41.8 Å². The van der Waals surface area contributed by atoms with E-state index in [1.165, 1.54) is 0 Å². The lowest BCUT2D eigenvalue weighted by atomic mass is 9.84. The number of piperidine rings is 1. The lowest BCUT2D eigenvalue weighted by molar-refractivity contribution is -0.169. The van der Waals surface area contributed by atoms with Crippen LogP contribution in [0.5, 0.6) is 0 Å². The van der Waals surface area contributed by atoms with E-state index in [1.807, 2.05) is 17.0 Å². The fourth-order valence-electron chi connectivity index (χ4n) is 3.69. The molecule has 7 heteroatoms. The molecular formula is C20H23FN4O2. The van der Waals surface area contributed by atoms with E-state index >= 15 is 0 Å². The van der Waals surface area contributed by atoms with Crippen LogP contribution in [0.3, 0.4) is 0 Å². The topological polar surface area (TPSA) is 58.6 Å². The number of anilines is 1. The summed E-state index contributed by atoms with van der Waals surface area (Å²) in [6.07, 6.45) is 4.05. The summed E-state index contributed by atoms with van der Waals surface area (Å²) in [6.45, 7) is 2.25. The summed E-state index contributed by atoms with van der Waals surface area (Å²) in [4.78, 5) is 24.8. The summed E-state index contributed by atoms with van der Waals surface area (Å²) >= 11 is 0. The number of amides is 1. The maximum absolute atomic E-state index is 13.8. The Hall–Kier alpha value is -2.54. The van der Waals surface area contributed by atoms with Gasteiger partial charge in [-0.3, -0.25) is 4.79 Å². The molecule has 1 aromatic carbocycles. The molecule has 2 aliphatic rings. The van der Waals surface area contributed by atoms with E-state index in [-0.39, 0.29) is 17.3 Å². The van der Waals surface area contributed by atoms with E-state index in [0.29, 0.717) is 30.0 Å². The SMILES string of the molecule is CN(C)c1nc(-c2cccc(C(=O)N3CCC4(CCO4)CC3)c2)ncc1F. The van der Waals surface area contributed by atoms with E-state index in [2.05, 4.69) is 9.97 Å². The molecule has 1 amide bonds. The number of aromatic nitrogens is 2. The van der Waals surface area contributed by atoms with Gasteiger partial charge in [0, 0.05) is 38.3 Å². The number of hydrogen-bond acceptors (Lipinski definition) is 5. The Kier molecular flexibility index (Phi) is 4.55. The standard InChI is InChI=1S/C20H23FN4O2/c1-24(2)18-16(21)13-22-17(23-18)14-4-3-5-15(12-14)19(26)25-9-6-20(7-10-25)8-11-27-20/h3-5,12-13H,6-11H2,1-2H3. The number of likely N-dealkylation sites (tertiary alicyclic amines) is 1. The van der Waals surface area contributed by atoms with E-state index in [1.54, 1.807) is 31.1 Å². The van der Waals surface area contributed by atoms with Crippen LogP contribution < -0.4 is 4.90 Å². The number of hydrogen-bond donors (Lipinski definition) is 0. The molecule has 3 heterocycles. The zero-order valence-electron chi connectivity index (χ0n) is 15.6. The van der Waals surface area contributed by atoms with Crippen LogP contribution in [-0.2, 0) is 4.74 Å². The highest BCUT2D eigenvalue weighted by Crippen LogP contribution is 2.37. The molecule has 2 saturated heterocycles. The zero-order valence-corrected chi connectivity index (χ0v) is 15.6. The Balaban J connectivity index is 1.54. The van der Waals surface area contributed by atoms with Gasteiger partial charge in [-0.15, -0.1) is 0 Å². The average Bonchev–Trinajstić information content (AvgIpc) is 2.66. The van der Waals surface area contributed by atoms with E-state index < -0.39 is 5.82 Å². The van der Waals surface area contributed by atoms with Crippen molar-refractivity contribution in [2.24, 2.45) is 0 Å². The van der Waals surface area contributed by atoms with Crippen LogP contribution >= 0.6 is 0 Å². The van der Waals surface area contributed by atoms with Crippen LogP contribution in [0.4, 0.5) is 10.2 Å². The Bertz CT molecular complexity index is 857. The predicted octanol–water partition coefficient (Wildman–Crippen LogP) is 2.74. The molecule has 142 valence electrons. The molecule has 2 fully saturated rings. The maximum Gasteiger partial charge on any atom is 0.253 e. The molecule has 0 N–H and O–H groups in total. The predicted molar refractivity (Wildman–Crippen MR) is 100 cm³/mol. The Morgan fingerprint density at radius 1 is 1.26 bits per heavy atom. The van der Waals surface area contributed by atoms with Gasteiger partial charge in [0.1, 0.15) is 0 Å². The average molecular weight is 370 g/mol. The van der Waals surface area contributed by atoms with Crippen molar-refractivity contribution in [2.45, 2.75) is 24.9 Å². The van der Waals surface area contributed by atoms with Crippen molar-refractivity contribution < 1.29 is 13.9 Å². The molecular weight excluding hydrogens is 347 g/mol. The fraction of sp³-hybridized carbons (Fsp3) is 0.450.